The van der Waals surface area contributed by atoms with Gasteiger partial charge in [-0.3, -0.25) is 0 Å². The van der Waals surface area contributed by atoms with Crippen molar-refractivity contribution in [3.05, 3.63) is 62.6 Å². The van der Waals surface area contributed by atoms with E-state index < -0.39 is 11.6 Å². The molecule has 0 bridgehead atoms. The molecule has 0 fully saturated rings. The highest BCUT2D eigenvalue weighted by Crippen LogP contribution is 2.34. The fourth-order valence-corrected chi connectivity index (χ4v) is 5.25. The highest BCUT2D eigenvalue weighted by molar-refractivity contribution is 7.21. The fraction of sp³-hybridized carbons (Fsp3) is 0.167. The summed E-state index contributed by atoms with van der Waals surface area (Å²) in [6.07, 6.45) is 1.33. The molecule has 166 valence electrons. The Hall–Kier alpha value is -3.74. The minimum Gasteiger partial charge on any atom is -0.477 e. The van der Waals surface area contributed by atoms with Gasteiger partial charge in [0, 0.05) is 40.5 Å². The third-order valence-electron chi connectivity index (χ3n) is 5.10. The van der Waals surface area contributed by atoms with Crippen LogP contribution in [0.3, 0.4) is 0 Å². The molecule has 0 unspecified atom stereocenters. The van der Waals surface area contributed by atoms with Gasteiger partial charge in [-0.1, -0.05) is 0 Å². The normalized spacial score (nSPS) is 11.5. The number of carbonyl (C=O) groups is 1. The van der Waals surface area contributed by atoms with E-state index >= 15 is 0 Å². The molecule has 9 heteroatoms. The van der Waals surface area contributed by atoms with Crippen molar-refractivity contribution >= 4 is 51.4 Å². The van der Waals surface area contributed by atoms with Crippen molar-refractivity contribution in [3.8, 4) is 27.2 Å². The highest BCUT2D eigenvalue weighted by Gasteiger charge is 2.15. The van der Waals surface area contributed by atoms with Crippen LogP contribution in [0.4, 0.5) is 5.69 Å². The van der Waals surface area contributed by atoms with E-state index in [2.05, 4.69) is 23.7 Å². The molecule has 3 aromatic heterocycles. The average molecular weight is 478 g/mol. The number of carboxylic acid groups (broad SMARTS) is 1. The number of aromatic nitrogens is 1. The third-order valence-corrected chi connectivity index (χ3v) is 7.15. The molecule has 0 aliphatic rings. The number of fused-ring (bicyclic) bond motifs is 1. The zero-order valence-corrected chi connectivity index (χ0v) is 19.5. The van der Waals surface area contributed by atoms with Crippen LogP contribution in [-0.4, -0.2) is 29.1 Å². The van der Waals surface area contributed by atoms with Crippen molar-refractivity contribution in [2.45, 2.75) is 13.8 Å². The Bertz CT molecular complexity index is 1470. The summed E-state index contributed by atoms with van der Waals surface area (Å²) in [5.74, 6) is -1.27. The number of rotatable bonds is 7. The molecule has 1 aromatic carbocycles. The van der Waals surface area contributed by atoms with Crippen LogP contribution in [-0.2, 0) is 4.79 Å². The first-order valence-electron chi connectivity index (χ1n) is 10.2. The number of carboxylic acids is 1. The number of aliphatic carboxylic acids is 1. The topological polar surface area (TPSA) is 107 Å². The lowest BCUT2D eigenvalue weighted by molar-refractivity contribution is -0.132. The summed E-state index contributed by atoms with van der Waals surface area (Å²) in [7, 11) is 0. The maximum atomic E-state index is 12.7. The van der Waals surface area contributed by atoms with E-state index in [0.29, 0.717) is 26.7 Å². The van der Waals surface area contributed by atoms with Gasteiger partial charge in [-0.25, -0.2) is 14.6 Å². The number of nitrogens with zero attached hydrogens (tertiary/aromatic N) is 3. The molecule has 33 heavy (non-hydrogen) atoms. The Labute approximate surface area is 197 Å². The number of hydrogen-bond acceptors (Lipinski definition) is 8. The van der Waals surface area contributed by atoms with Gasteiger partial charge in [0.05, 0.1) is 16.1 Å². The molecule has 0 aliphatic carbocycles. The largest absolute Gasteiger partial charge is 0.477 e. The smallest absolute Gasteiger partial charge is 0.346 e. The third kappa shape index (κ3) is 4.58. The molecule has 0 spiro atoms. The Morgan fingerprint density at radius 3 is 2.73 bits per heavy atom. The van der Waals surface area contributed by atoms with E-state index in [9.17, 15) is 9.59 Å². The van der Waals surface area contributed by atoms with Gasteiger partial charge in [0.1, 0.15) is 22.2 Å². The van der Waals surface area contributed by atoms with E-state index in [1.54, 1.807) is 23.6 Å². The number of anilines is 1. The van der Waals surface area contributed by atoms with E-state index in [1.165, 1.54) is 28.7 Å². The van der Waals surface area contributed by atoms with Crippen LogP contribution in [0.5, 0.6) is 0 Å². The molecule has 1 N–H and O–H groups in total. The molecule has 0 saturated heterocycles. The first kappa shape index (κ1) is 22.5. The Kier molecular flexibility index (Phi) is 6.40. The highest BCUT2D eigenvalue weighted by atomic mass is 32.1. The van der Waals surface area contributed by atoms with Gasteiger partial charge in [-0.2, -0.15) is 5.26 Å². The monoisotopic (exact) mass is 477 g/mol. The Balaban J connectivity index is 1.66. The van der Waals surface area contributed by atoms with Crippen LogP contribution >= 0.6 is 22.7 Å². The van der Waals surface area contributed by atoms with E-state index in [4.69, 9.17) is 14.8 Å². The molecule has 4 rings (SSSR count). The SMILES string of the molecule is CCN(CC)c1ccc2cc(-c3csc(-c4ccc(C=C(C#N)C(=O)O)s4)n3)c(=O)oc2c1. The minimum atomic E-state index is -1.27. The maximum absolute atomic E-state index is 12.7. The number of benzene rings is 1. The fourth-order valence-electron chi connectivity index (χ4n) is 3.40. The van der Waals surface area contributed by atoms with E-state index in [0.717, 1.165) is 29.0 Å². The van der Waals surface area contributed by atoms with Crippen LogP contribution < -0.4 is 10.5 Å². The van der Waals surface area contributed by atoms with Crippen LogP contribution in [0.2, 0.25) is 0 Å². The number of nitriles is 1. The number of thiophene rings is 1. The zero-order chi connectivity index (χ0) is 23.5. The molecule has 4 aromatic rings. The van der Waals surface area contributed by atoms with Crippen molar-refractivity contribution in [3.63, 3.8) is 0 Å². The lowest BCUT2D eigenvalue weighted by Crippen LogP contribution is -2.21. The molecule has 0 atom stereocenters. The summed E-state index contributed by atoms with van der Waals surface area (Å²) >= 11 is 2.70. The standard InChI is InChI=1S/C24H19N3O4S2/c1-3-27(4-2)16-6-5-14-10-18(24(30)31-20(14)11-16)19-13-32-22(26-19)21-8-7-17(33-21)9-15(12-25)23(28)29/h5-11,13H,3-4H2,1-2H3,(H,28,29). The summed E-state index contributed by atoms with van der Waals surface area (Å²) in [6.45, 7) is 5.88. The van der Waals surface area contributed by atoms with Crippen LogP contribution in [0.25, 0.3) is 38.2 Å². The van der Waals surface area contributed by atoms with Crippen LogP contribution in [0.15, 0.2) is 56.6 Å². The molecule has 0 saturated carbocycles. The molecular weight excluding hydrogens is 458 g/mol. The number of hydrogen-bond donors (Lipinski definition) is 1. The zero-order valence-electron chi connectivity index (χ0n) is 17.9. The second kappa shape index (κ2) is 9.40. The van der Waals surface area contributed by atoms with Gasteiger partial charge >= 0.3 is 11.6 Å². The maximum Gasteiger partial charge on any atom is 0.346 e. The van der Waals surface area contributed by atoms with Gasteiger partial charge in [-0.05, 0) is 50.3 Å². The Morgan fingerprint density at radius 1 is 1.24 bits per heavy atom. The average Bonchev–Trinajstić information content (AvgIpc) is 3.47. The molecule has 3 heterocycles. The van der Waals surface area contributed by atoms with Crippen molar-refractivity contribution in [1.82, 2.24) is 4.98 Å². The van der Waals surface area contributed by atoms with Gasteiger partial charge in [0.15, 0.2) is 0 Å². The van der Waals surface area contributed by atoms with Crippen LogP contribution in [0, 0.1) is 11.3 Å². The lowest BCUT2D eigenvalue weighted by Gasteiger charge is -2.20. The van der Waals surface area contributed by atoms with Crippen molar-refractivity contribution < 1.29 is 14.3 Å². The van der Waals surface area contributed by atoms with Gasteiger partial charge in [0.2, 0.25) is 0 Å². The van der Waals surface area contributed by atoms with Gasteiger partial charge in [-0.15, -0.1) is 22.7 Å². The van der Waals surface area contributed by atoms with Crippen molar-refractivity contribution in [2.75, 3.05) is 18.0 Å². The predicted octanol–water partition coefficient (Wildman–Crippen LogP) is 5.48. The molecule has 0 aliphatic heterocycles. The predicted molar refractivity (Wildman–Crippen MR) is 132 cm³/mol. The molecule has 0 radical (unpaired) electrons. The molecule has 7 nitrogen and oxygen atoms in total. The second-order valence-corrected chi connectivity index (χ2v) is 9.03. The summed E-state index contributed by atoms with van der Waals surface area (Å²) in [5.41, 5.74) is 1.66. The molecular formula is C24H19N3O4S2. The minimum absolute atomic E-state index is 0.332. The first-order chi connectivity index (χ1) is 15.9. The van der Waals surface area contributed by atoms with E-state index in [-0.39, 0.29) is 5.57 Å². The Morgan fingerprint density at radius 2 is 2.03 bits per heavy atom. The quantitative estimate of drug-likeness (QED) is 0.213. The van der Waals surface area contributed by atoms with Crippen molar-refractivity contribution in [1.29, 1.82) is 5.26 Å². The van der Waals surface area contributed by atoms with Crippen LogP contribution in [0.1, 0.15) is 18.7 Å². The second-order valence-electron chi connectivity index (χ2n) is 7.06. The van der Waals surface area contributed by atoms with E-state index in [1.807, 2.05) is 24.3 Å². The van der Waals surface area contributed by atoms with Gasteiger partial charge in [0.25, 0.3) is 0 Å². The van der Waals surface area contributed by atoms with Gasteiger partial charge < -0.3 is 14.4 Å². The molecule has 0 amide bonds. The first-order valence-corrected chi connectivity index (χ1v) is 11.9. The number of thiazole rings is 1. The summed E-state index contributed by atoms with van der Waals surface area (Å²) in [4.78, 5) is 32.0. The lowest BCUT2D eigenvalue weighted by atomic mass is 10.1. The summed E-state index contributed by atoms with van der Waals surface area (Å²) in [6, 6.07) is 12.8. The van der Waals surface area contributed by atoms with Crippen molar-refractivity contribution in [2.24, 2.45) is 0 Å². The summed E-state index contributed by atoms with van der Waals surface area (Å²) < 4.78 is 5.62. The summed E-state index contributed by atoms with van der Waals surface area (Å²) in [5, 5.41) is 21.3.